The van der Waals surface area contributed by atoms with Crippen molar-refractivity contribution in [2.75, 3.05) is 13.2 Å². The zero-order chi connectivity index (χ0) is 17.7. The van der Waals surface area contributed by atoms with Gasteiger partial charge in [0.1, 0.15) is 30.5 Å². The Hall–Kier alpha value is -2.49. The molecule has 24 heavy (non-hydrogen) atoms. The number of nitrogens with one attached hydrogen (secondary N) is 1. The first kappa shape index (κ1) is 17.9. The Kier molecular flexibility index (Phi) is 5.85. The van der Waals surface area contributed by atoms with E-state index in [2.05, 4.69) is 30.3 Å². The van der Waals surface area contributed by atoms with Gasteiger partial charge in [-0.25, -0.2) is 14.3 Å². The molecule has 3 N–H and O–H groups in total. The zero-order valence-corrected chi connectivity index (χ0v) is 14.3. The second-order valence-corrected chi connectivity index (χ2v) is 5.80. The van der Waals surface area contributed by atoms with E-state index in [9.17, 15) is 4.79 Å². The zero-order valence-electron chi connectivity index (χ0n) is 14.3. The fourth-order valence-electron chi connectivity index (χ4n) is 2.02. The lowest BCUT2D eigenvalue weighted by Gasteiger charge is -2.15. The number of nitrogens with two attached hydrogens (primary N) is 1. The second-order valence-electron chi connectivity index (χ2n) is 5.80. The minimum Gasteiger partial charge on any atom is -0.472 e. The van der Waals surface area contributed by atoms with Gasteiger partial charge in [-0.3, -0.25) is 4.79 Å². The fraction of sp³-hybridized carbons (Fsp3) is 0.643. The summed E-state index contributed by atoms with van der Waals surface area (Å²) in [5, 5.41) is 14.2. The van der Waals surface area contributed by atoms with E-state index >= 15 is 0 Å². The molecule has 2 rings (SSSR count). The molecule has 1 amide bonds. The van der Waals surface area contributed by atoms with Gasteiger partial charge in [-0.2, -0.15) is 5.10 Å². The Balaban J connectivity index is 1.83. The van der Waals surface area contributed by atoms with E-state index < -0.39 is 0 Å². The number of hydrogen-bond acceptors (Lipinski definition) is 8. The molecule has 10 heteroatoms. The second kappa shape index (κ2) is 7.86. The van der Waals surface area contributed by atoms with Crippen molar-refractivity contribution in [3.63, 3.8) is 0 Å². The largest absolute Gasteiger partial charge is 0.472 e. The summed E-state index contributed by atoms with van der Waals surface area (Å²) in [4.78, 5) is 16.4. The monoisotopic (exact) mass is 337 g/mol. The molecule has 0 aliphatic rings. The molecule has 10 nitrogen and oxygen atoms in total. The molecule has 132 valence electrons. The van der Waals surface area contributed by atoms with Crippen LogP contribution in [0, 0.1) is 19.8 Å². The van der Waals surface area contributed by atoms with E-state index in [0.717, 1.165) is 0 Å². The fourth-order valence-corrected chi connectivity index (χ4v) is 2.02. The van der Waals surface area contributed by atoms with Gasteiger partial charge in [0.15, 0.2) is 0 Å². The molecule has 2 aromatic heterocycles. The van der Waals surface area contributed by atoms with E-state index in [4.69, 9.17) is 10.5 Å². The standard InChI is InChI=1S/C14H23N7O3/c1-8(2)12(15)13-17-10(4)18-21(13)7-11(22)16-5-6-23-14-9(3)19-24-20-14/h8,12H,5-7,15H2,1-4H3,(H,16,22)/t12-/m0/s1. The molecule has 0 radical (unpaired) electrons. The van der Waals surface area contributed by atoms with Crippen molar-refractivity contribution in [3.8, 4) is 5.88 Å². The summed E-state index contributed by atoms with van der Waals surface area (Å²) in [5.41, 5.74) is 6.68. The van der Waals surface area contributed by atoms with Gasteiger partial charge in [0, 0.05) is 0 Å². The van der Waals surface area contributed by atoms with E-state index in [1.165, 1.54) is 0 Å². The summed E-state index contributed by atoms with van der Waals surface area (Å²) >= 11 is 0. The highest BCUT2D eigenvalue weighted by Crippen LogP contribution is 2.16. The number of carbonyl (C=O) groups is 1. The Labute approximate surface area is 139 Å². The van der Waals surface area contributed by atoms with Crippen molar-refractivity contribution in [2.24, 2.45) is 11.7 Å². The normalized spacial score (nSPS) is 12.4. The Morgan fingerprint density at radius 3 is 2.75 bits per heavy atom. The third-order valence-electron chi connectivity index (χ3n) is 3.39. The molecule has 0 fully saturated rings. The lowest BCUT2D eigenvalue weighted by atomic mass is 10.1. The Bertz CT molecular complexity index is 680. The molecule has 0 aliphatic heterocycles. The van der Waals surface area contributed by atoms with Gasteiger partial charge in [0.25, 0.3) is 5.88 Å². The lowest BCUT2D eigenvalue weighted by Crippen LogP contribution is -2.33. The lowest BCUT2D eigenvalue weighted by molar-refractivity contribution is -0.122. The SMILES string of the molecule is Cc1nc([C@@H](N)C(C)C)n(CC(=O)NCCOc2nonc2C)n1. The van der Waals surface area contributed by atoms with Gasteiger partial charge < -0.3 is 15.8 Å². The number of carbonyl (C=O) groups excluding carboxylic acids is 1. The Morgan fingerprint density at radius 1 is 1.38 bits per heavy atom. The first-order valence-corrected chi connectivity index (χ1v) is 7.74. The highest BCUT2D eigenvalue weighted by atomic mass is 16.6. The van der Waals surface area contributed by atoms with Gasteiger partial charge in [0.05, 0.1) is 12.6 Å². The van der Waals surface area contributed by atoms with Crippen molar-refractivity contribution in [1.29, 1.82) is 0 Å². The molecule has 0 saturated carbocycles. The number of amides is 1. The molecule has 0 unspecified atom stereocenters. The van der Waals surface area contributed by atoms with Gasteiger partial charge in [-0.05, 0) is 24.9 Å². The molecule has 2 heterocycles. The maximum Gasteiger partial charge on any atom is 0.278 e. The molecule has 0 aromatic carbocycles. The van der Waals surface area contributed by atoms with Crippen LogP contribution in [0.3, 0.4) is 0 Å². The number of ether oxygens (including phenoxy) is 1. The van der Waals surface area contributed by atoms with Crippen LogP contribution in [0.15, 0.2) is 4.63 Å². The van der Waals surface area contributed by atoms with E-state index in [-0.39, 0.29) is 31.0 Å². The van der Waals surface area contributed by atoms with Crippen LogP contribution in [-0.2, 0) is 11.3 Å². The summed E-state index contributed by atoms with van der Waals surface area (Å²) in [5.74, 6) is 1.52. The Morgan fingerprint density at radius 2 is 2.12 bits per heavy atom. The summed E-state index contributed by atoms with van der Waals surface area (Å²) in [7, 11) is 0. The third-order valence-corrected chi connectivity index (χ3v) is 3.39. The van der Waals surface area contributed by atoms with Crippen molar-refractivity contribution >= 4 is 5.91 Å². The van der Waals surface area contributed by atoms with E-state index in [1.54, 1.807) is 18.5 Å². The molecular weight excluding hydrogens is 314 g/mol. The summed E-state index contributed by atoms with van der Waals surface area (Å²) in [6.45, 7) is 8.12. The summed E-state index contributed by atoms with van der Waals surface area (Å²) in [6, 6.07) is -0.273. The number of nitrogens with zero attached hydrogens (tertiary/aromatic N) is 5. The minimum atomic E-state index is -0.273. The van der Waals surface area contributed by atoms with Crippen LogP contribution >= 0.6 is 0 Å². The van der Waals surface area contributed by atoms with Crippen molar-refractivity contribution < 1.29 is 14.2 Å². The third kappa shape index (κ3) is 4.51. The van der Waals surface area contributed by atoms with Crippen LogP contribution in [0.4, 0.5) is 0 Å². The van der Waals surface area contributed by atoms with Crippen molar-refractivity contribution in [3.05, 3.63) is 17.3 Å². The highest BCUT2D eigenvalue weighted by Gasteiger charge is 2.20. The highest BCUT2D eigenvalue weighted by molar-refractivity contribution is 5.75. The predicted octanol–water partition coefficient (Wildman–Crippen LogP) is 0.129. The quantitative estimate of drug-likeness (QED) is 0.649. The van der Waals surface area contributed by atoms with E-state index in [1.807, 2.05) is 13.8 Å². The maximum atomic E-state index is 12.1. The first-order chi connectivity index (χ1) is 11.4. The van der Waals surface area contributed by atoms with Crippen LogP contribution in [-0.4, -0.2) is 44.1 Å². The van der Waals surface area contributed by atoms with Crippen LogP contribution in [0.2, 0.25) is 0 Å². The van der Waals surface area contributed by atoms with Gasteiger partial charge >= 0.3 is 0 Å². The molecular formula is C14H23N7O3. The summed E-state index contributed by atoms with van der Waals surface area (Å²) in [6.07, 6.45) is 0. The van der Waals surface area contributed by atoms with Gasteiger partial charge in [-0.15, -0.1) is 0 Å². The molecule has 0 saturated heterocycles. The maximum absolute atomic E-state index is 12.1. The molecule has 0 aliphatic carbocycles. The number of hydrogen-bond donors (Lipinski definition) is 2. The first-order valence-electron chi connectivity index (χ1n) is 7.74. The van der Waals surface area contributed by atoms with Crippen molar-refractivity contribution in [1.82, 2.24) is 30.4 Å². The molecule has 1 atom stereocenters. The predicted molar refractivity (Wildman–Crippen MR) is 84.1 cm³/mol. The topological polar surface area (TPSA) is 134 Å². The van der Waals surface area contributed by atoms with Crippen molar-refractivity contribution in [2.45, 2.75) is 40.3 Å². The number of aromatic nitrogens is 5. The number of aryl methyl sites for hydroxylation is 2. The van der Waals surface area contributed by atoms with Gasteiger partial charge in [0.2, 0.25) is 5.91 Å². The average Bonchev–Trinajstić information content (AvgIpc) is 3.08. The number of rotatable bonds is 8. The average molecular weight is 337 g/mol. The minimum absolute atomic E-state index is 0.0567. The van der Waals surface area contributed by atoms with Gasteiger partial charge in [-0.1, -0.05) is 19.0 Å². The van der Waals surface area contributed by atoms with E-state index in [0.29, 0.717) is 29.8 Å². The smallest absolute Gasteiger partial charge is 0.278 e. The molecule has 0 spiro atoms. The van der Waals surface area contributed by atoms with Crippen LogP contribution in [0.25, 0.3) is 0 Å². The van der Waals surface area contributed by atoms with Crippen LogP contribution in [0.5, 0.6) is 5.88 Å². The molecule has 2 aromatic rings. The van der Waals surface area contributed by atoms with Crippen LogP contribution < -0.4 is 15.8 Å². The summed E-state index contributed by atoms with van der Waals surface area (Å²) < 4.78 is 11.4. The molecule has 0 bridgehead atoms. The van der Waals surface area contributed by atoms with Crippen LogP contribution in [0.1, 0.15) is 37.2 Å².